The van der Waals surface area contributed by atoms with Gasteiger partial charge in [-0.05, 0) is 25.5 Å². The van der Waals surface area contributed by atoms with Gasteiger partial charge in [0.1, 0.15) is 6.04 Å². The molecule has 1 amide bonds. The Kier molecular flexibility index (Phi) is 4.94. The minimum atomic E-state index is -0.440. The number of hydrazone groups is 1. The Morgan fingerprint density at radius 3 is 2.71 bits per heavy atom. The first-order valence-electron chi connectivity index (χ1n) is 8.30. The molecule has 0 fully saturated rings. The lowest BCUT2D eigenvalue weighted by atomic mass is 9.95. The van der Waals surface area contributed by atoms with Gasteiger partial charge in [0, 0.05) is 25.5 Å². The summed E-state index contributed by atoms with van der Waals surface area (Å²) < 4.78 is 0. The average molecular weight is 342 g/mol. The van der Waals surface area contributed by atoms with E-state index in [1.807, 2.05) is 72.5 Å². The van der Waals surface area contributed by atoms with E-state index in [1.165, 1.54) is 0 Å². The van der Waals surface area contributed by atoms with Crippen molar-refractivity contribution in [3.05, 3.63) is 48.2 Å². The van der Waals surface area contributed by atoms with E-state index in [4.69, 9.17) is 12.2 Å². The zero-order chi connectivity index (χ0) is 17.1. The summed E-state index contributed by atoms with van der Waals surface area (Å²) in [6.07, 6.45) is 5.77. The summed E-state index contributed by atoms with van der Waals surface area (Å²) in [5.41, 5.74) is 3.98. The van der Waals surface area contributed by atoms with Crippen LogP contribution in [0.2, 0.25) is 0 Å². The predicted molar refractivity (Wildman–Crippen MR) is 99.6 cm³/mol. The maximum atomic E-state index is 13.2. The number of likely N-dealkylation sites (N-methyl/N-ethyl adjacent to an activating group) is 1. The summed E-state index contributed by atoms with van der Waals surface area (Å²) in [5, 5.41) is 4.12. The highest BCUT2D eigenvalue weighted by Crippen LogP contribution is 2.30. The van der Waals surface area contributed by atoms with Gasteiger partial charge in [-0.3, -0.25) is 4.79 Å². The second-order valence-corrected chi connectivity index (χ2v) is 6.29. The van der Waals surface area contributed by atoms with Crippen molar-refractivity contribution in [1.29, 1.82) is 0 Å². The van der Waals surface area contributed by atoms with Crippen LogP contribution < -0.4 is 5.43 Å². The van der Waals surface area contributed by atoms with Gasteiger partial charge in [0.2, 0.25) is 5.91 Å². The third-order valence-corrected chi connectivity index (χ3v) is 5.02. The summed E-state index contributed by atoms with van der Waals surface area (Å²) in [6.45, 7) is 5.35. The molecule has 1 aromatic carbocycles. The Morgan fingerprint density at radius 1 is 1.33 bits per heavy atom. The topological polar surface area (TPSA) is 47.9 Å². The Bertz CT molecular complexity index is 669. The molecule has 0 saturated carbocycles. The molecule has 5 nitrogen and oxygen atoms in total. The molecule has 0 spiro atoms. The van der Waals surface area contributed by atoms with Gasteiger partial charge in [-0.25, -0.2) is 0 Å². The second kappa shape index (κ2) is 7.13. The van der Waals surface area contributed by atoms with Crippen molar-refractivity contribution < 1.29 is 4.79 Å². The van der Waals surface area contributed by atoms with Crippen LogP contribution in [0.5, 0.6) is 0 Å². The van der Waals surface area contributed by atoms with E-state index in [-0.39, 0.29) is 17.9 Å². The van der Waals surface area contributed by atoms with E-state index in [2.05, 4.69) is 10.5 Å². The first kappa shape index (κ1) is 16.6. The lowest BCUT2D eigenvalue weighted by Gasteiger charge is -2.38. The highest BCUT2D eigenvalue weighted by Gasteiger charge is 2.38. The molecule has 0 aliphatic carbocycles. The second-order valence-electron chi connectivity index (χ2n) is 5.87. The van der Waals surface area contributed by atoms with Crippen LogP contribution in [-0.4, -0.2) is 46.0 Å². The minimum Gasteiger partial charge on any atom is -0.341 e. The van der Waals surface area contributed by atoms with E-state index >= 15 is 0 Å². The number of fused-ring (bicyclic) bond motifs is 1. The molecule has 0 aromatic heterocycles. The summed E-state index contributed by atoms with van der Waals surface area (Å²) in [5.74, 6) is 0.0836. The number of benzene rings is 1. The minimum absolute atomic E-state index is 0.0146. The first-order valence-corrected chi connectivity index (χ1v) is 8.71. The first-order chi connectivity index (χ1) is 11.7. The maximum absolute atomic E-state index is 13.2. The molecule has 1 N–H and O–H groups in total. The smallest absolute Gasteiger partial charge is 0.250 e. The van der Waals surface area contributed by atoms with Gasteiger partial charge in [-0.2, -0.15) is 5.10 Å². The van der Waals surface area contributed by atoms with Crippen LogP contribution in [0.4, 0.5) is 0 Å². The third-order valence-electron chi connectivity index (χ3n) is 4.54. The largest absolute Gasteiger partial charge is 0.341 e. The number of amides is 1. The number of hydrogen-bond donors (Lipinski definition) is 1. The van der Waals surface area contributed by atoms with Crippen LogP contribution in [0.3, 0.4) is 0 Å². The van der Waals surface area contributed by atoms with E-state index < -0.39 is 6.04 Å². The fourth-order valence-corrected chi connectivity index (χ4v) is 3.55. The van der Waals surface area contributed by atoms with Gasteiger partial charge < -0.3 is 15.2 Å². The number of nitrogens with zero attached hydrogens (tertiary/aromatic N) is 3. The van der Waals surface area contributed by atoms with Gasteiger partial charge in [-0.15, -0.1) is 0 Å². The monoisotopic (exact) mass is 342 g/mol. The van der Waals surface area contributed by atoms with Crippen LogP contribution in [0, 0.1) is 5.92 Å². The lowest BCUT2D eigenvalue weighted by molar-refractivity contribution is -0.134. The molecular weight excluding hydrogens is 320 g/mol. The molecule has 3 atom stereocenters. The molecule has 3 rings (SSSR count). The summed E-state index contributed by atoms with van der Waals surface area (Å²) in [7, 11) is 0. The molecule has 0 saturated heterocycles. The normalized spacial score (nSPS) is 22.9. The summed E-state index contributed by atoms with van der Waals surface area (Å²) in [4.78, 5) is 17.7. The molecule has 1 aromatic rings. The maximum Gasteiger partial charge on any atom is 0.250 e. The Balaban J connectivity index is 1.99. The van der Waals surface area contributed by atoms with Crippen molar-refractivity contribution in [1.82, 2.24) is 15.2 Å². The lowest BCUT2D eigenvalue weighted by Crippen LogP contribution is -2.48. The number of carbonyl (C=O) groups excluding carboxylic acids is 1. The number of hydrogen-bond acceptors (Lipinski definition) is 4. The third kappa shape index (κ3) is 2.94. The molecule has 126 valence electrons. The van der Waals surface area contributed by atoms with Gasteiger partial charge >= 0.3 is 0 Å². The fraction of sp³-hybridized carbons (Fsp3) is 0.389. The molecule has 3 unspecified atom stereocenters. The van der Waals surface area contributed by atoms with Gasteiger partial charge in [-0.1, -0.05) is 42.5 Å². The Labute approximate surface area is 148 Å². The van der Waals surface area contributed by atoms with E-state index in [0.29, 0.717) is 13.1 Å². The fourth-order valence-electron chi connectivity index (χ4n) is 3.17. The van der Waals surface area contributed by atoms with Crippen molar-refractivity contribution in [2.24, 2.45) is 11.0 Å². The number of rotatable bonds is 5. The van der Waals surface area contributed by atoms with Gasteiger partial charge in [0.05, 0.1) is 16.9 Å². The zero-order valence-corrected chi connectivity index (χ0v) is 14.7. The molecule has 24 heavy (non-hydrogen) atoms. The SMILES string of the molecule is CCN(CC)C(=O)C(c1ccccc1)N1C=CC2NN=CC2C1=S. The zero-order valence-electron chi connectivity index (χ0n) is 13.9. The highest BCUT2D eigenvalue weighted by molar-refractivity contribution is 7.80. The molecule has 0 radical (unpaired) electrons. The predicted octanol–water partition coefficient (Wildman–Crippen LogP) is 2.33. The van der Waals surface area contributed by atoms with Crippen LogP contribution in [-0.2, 0) is 4.79 Å². The summed E-state index contributed by atoms with van der Waals surface area (Å²) in [6, 6.07) is 9.48. The standard InChI is InChI=1S/C18H22N4OS/c1-3-21(4-2)17(23)16(13-8-6-5-7-9-13)22-11-10-15-14(18(22)24)12-19-20-15/h5-12,14-16,20H,3-4H2,1-2H3. The van der Waals surface area contributed by atoms with Crippen LogP contribution >= 0.6 is 12.2 Å². The average Bonchev–Trinajstić information content (AvgIpc) is 3.09. The van der Waals surface area contributed by atoms with Crippen molar-refractivity contribution >= 4 is 29.3 Å². The molecule has 2 heterocycles. The highest BCUT2D eigenvalue weighted by atomic mass is 32.1. The number of carbonyl (C=O) groups is 1. The summed E-state index contributed by atoms with van der Waals surface area (Å²) >= 11 is 5.69. The molecule has 2 aliphatic heterocycles. The van der Waals surface area contributed by atoms with Crippen molar-refractivity contribution in [3.8, 4) is 0 Å². The molecule has 2 aliphatic rings. The van der Waals surface area contributed by atoms with E-state index in [9.17, 15) is 4.79 Å². The van der Waals surface area contributed by atoms with E-state index in [0.717, 1.165) is 10.6 Å². The Morgan fingerprint density at radius 2 is 2.04 bits per heavy atom. The van der Waals surface area contributed by atoms with Crippen LogP contribution in [0.15, 0.2) is 47.7 Å². The number of thiocarbonyl (C=S) groups is 1. The quantitative estimate of drug-likeness (QED) is 0.835. The van der Waals surface area contributed by atoms with Crippen molar-refractivity contribution in [3.63, 3.8) is 0 Å². The van der Waals surface area contributed by atoms with Gasteiger partial charge in [0.15, 0.2) is 0 Å². The van der Waals surface area contributed by atoms with Crippen molar-refractivity contribution in [2.75, 3.05) is 13.1 Å². The van der Waals surface area contributed by atoms with Crippen molar-refractivity contribution in [2.45, 2.75) is 25.9 Å². The van der Waals surface area contributed by atoms with Gasteiger partial charge in [0.25, 0.3) is 0 Å². The number of nitrogens with one attached hydrogen (secondary N) is 1. The Hall–Kier alpha value is -2.21. The van der Waals surface area contributed by atoms with Crippen LogP contribution in [0.1, 0.15) is 25.5 Å². The molecular formula is C18H22N4OS. The molecule has 0 bridgehead atoms. The van der Waals surface area contributed by atoms with E-state index in [1.54, 1.807) is 0 Å². The van der Waals surface area contributed by atoms with Crippen LogP contribution in [0.25, 0.3) is 0 Å². The molecule has 6 heteroatoms.